The summed E-state index contributed by atoms with van der Waals surface area (Å²) in [5.41, 5.74) is -3.95. The van der Waals surface area contributed by atoms with Crippen LogP contribution in [0.4, 0.5) is 23.7 Å². The van der Waals surface area contributed by atoms with Crippen molar-refractivity contribution in [3.63, 3.8) is 0 Å². The predicted octanol–water partition coefficient (Wildman–Crippen LogP) is 2.90. The lowest BCUT2D eigenvalue weighted by molar-refractivity contribution is -0.137. The molecule has 0 aliphatic carbocycles. The van der Waals surface area contributed by atoms with Crippen LogP contribution in [-0.2, 0) is 11.0 Å². The molecule has 6 nitrogen and oxygen atoms in total. The molecule has 3 amide bonds. The van der Waals surface area contributed by atoms with Crippen LogP contribution < -0.4 is 4.90 Å². The molecule has 0 aromatic heterocycles. The first-order chi connectivity index (χ1) is 12.1. The number of aliphatic hydroxyl groups excluding tert-OH is 1. The molecule has 1 saturated heterocycles. The summed E-state index contributed by atoms with van der Waals surface area (Å²) in [4.78, 5) is 27.1. The van der Waals surface area contributed by atoms with Crippen LogP contribution in [0.2, 0.25) is 0 Å². The van der Waals surface area contributed by atoms with Gasteiger partial charge in [-0.15, -0.1) is 0 Å². The minimum Gasteiger partial charge on any atom is -0.396 e. The molecule has 0 atom stereocenters. The number of nitrogens with zero attached hydrogens (tertiary/aromatic N) is 3. The smallest absolute Gasteiger partial charge is 0.396 e. The zero-order valence-corrected chi connectivity index (χ0v) is 14.3. The number of anilines is 1. The number of halogens is 3. The Morgan fingerprint density at radius 1 is 1.23 bits per heavy atom. The second-order valence-corrected chi connectivity index (χ2v) is 6.37. The SMILES string of the molecule is CC1(C)C(=O)N(c2cccc(C#N)c2C(F)(F)F)C(=O)N1CCCCO. The lowest BCUT2D eigenvalue weighted by Crippen LogP contribution is -2.44. The summed E-state index contributed by atoms with van der Waals surface area (Å²) < 4.78 is 40.5. The molecule has 1 heterocycles. The van der Waals surface area contributed by atoms with Gasteiger partial charge in [0.1, 0.15) is 5.54 Å². The third-order valence-electron chi connectivity index (χ3n) is 4.30. The molecule has 0 radical (unpaired) electrons. The Balaban J connectivity index is 2.55. The van der Waals surface area contributed by atoms with Gasteiger partial charge in [-0.05, 0) is 38.8 Å². The van der Waals surface area contributed by atoms with E-state index in [0.717, 1.165) is 12.1 Å². The molecule has 26 heavy (non-hydrogen) atoms. The molecule has 2 rings (SSSR count). The molecule has 1 aromatic rings. The number of unbranched alkanes of at least 4 members (excludes halogenated alkanes) is 1. The number of alkyl halides is 3. The van der Waals surface area contributed by atoms with E-state index < -0.39 is 40.5 Å². The van der Waals surface area contributed by atoms with E-state index in [4.69, 9.17) is 10.4 Å². The van der Waals surface area contributed by atoms with Crippen LogP contribution in [-0.4, -0.2) is 40.6 Å². The van der Waals surface area contributed by atoms with Gasteiger partial charge in [-0.2, -0.15) is 18.4 Å². The largest absolute Gasteiger partial charge is 0.419 e. The van der Waals surface area contributed by atoms with Gasteiger partial charge in [-0.3, -0.25) is 4.79 Å². The van der Waals surface area contributed by atoms with Crippen molar-refractivity contribution in [1.29, 1.82) is 5.26 Å². The van der Waals surface area contributed by atoms with Crippen LogP contribution in [0, 0.1) is 11.3 Å². The normalized spacial score (nSPS) is 17.0. The molecule has 1 aliphatic rings. The van der Waals surface area contributed by atoms with E-state index in [1.807, 2.05) is 0 Å². The highest BCUT2D eigenvalue weighted by Gasteiger charge is 2.53. The second kappa shape index (κ2) is 6.96. The highest BCUT2D eigenvalue weighted by atomic mass is 19.4. The van der Waals surface area contributed by atoms with Crippen LogP contribution in [0.1, 0.15) is 37.8 Å². The number of urea groups is 1. The zero-order valence-electron chi connectivity index (χ0n) is 14.3. The van der Waals surface area contributed by atoms with E-state index in [1.54, 1.807) is 0 Å². The summed E-state index contributed by atoms with van der Waals surface area (Å²) in [5, 5.41) is 17.9. The van der Waals surface area contributed by atoms with Crippen molar-refractivity contribution in [2.24, 2.45) is 0 Å². The first-order valence-electron chi connectivity index (χ1n) is 7.94. The fourth-order valence-electron chi connectivity index (χ4n) is 2.92. The third kappa shape index (κ3) is 3.24. The maximum atomic E-state index is 13.5. The number of carbonyl (C=O) groups is 2. The van der Waals surface area contributed by atoms with Crippen molar-refractivity contribution >= 4 is 17.6 Å². The highest BCUT2D eigenvalue weighted by Crippen LogP contribution is 2.42. The summed E-state index contributed by atoms with van der Waals surface area (Å²) in [6, 6.07) is 3.78. The summed E-state index contributed by atoms with van der Waals surface area (Å²) in [6.45, 7) is 2.93. The number of imide groups is 1. The molecule has 0 bridgehead atoms. The number of benzene rings is 1. The summed E-state index contributed by atoms with van der Waals surface area (Å²) >= 11 is 0. The van der Waals surface area contributed by atoms with Crippen LogP contribution in [0.5, 0.6) is 0 Å². The molecule has 9 heteroatoms. The molecule has 1 aromatic carbocycles. The Bertz CT molecular complexity index is 769. The quantitative estimate of drug-likeness (QED) is 0.639. The number of nitriles is 1. The van der Waals surface area contributed by atoms with Crippen LogP contribution in [0.15, 0.2) is 18.2 Å². The number of hydrogen-bond donors (Lipinski definition) is 1. The van der Waals surface area contributed by atoms with Gasteiger partial charge in [0, 0.05) is 13.2 Å². The average molecular weight is 369 g/mol. The van der Waals surface area contributed by atoms with Crippen molar-refractivity contribution < 1.29 is 27.9 Å². The van der Waals surface area contributed by atoms with Crippen LogP contribution >= 0.6 is 0 Å². The van der Waals surface area contributed by atoms with Gasteiger partial charge in [0.2, 0.25) is 0 Å². The Kier molecular flexibility index (Phi) is 5.28. The number of hydrogen-bond acceptors (Lipinski definition) is 4. The van der Waals surface area contributed by atoms with Crippen molar-refractivity contribution in [3.8, 4) is 6.07 Å². The predicted molar refractivity (Wildman–Crippen MR) is 86.1 cm³/mol. The first kappa shape index (κ1) is 19.7. The van der Waals surface area contributed by atoms with Gasteiger partial charge in [0.25, 0.3) is 5.91 Å². The lowest BCUT2D eigenvalue weighted by Gasteiger charge is -2.27. The van der Waals surface area contributed by atoms with E-state index >= 15 is 0 Å². The van der Waals surface area contributed by atoms with E-state index in [-0.39, 0.29) is 13.2 Å². The molecule has 1 N–H and O–H groups in total. The Morgan fingerprint density at radius 3 is 2.42 bits per heavy atom. The minimum atomic E-state index is -4.91. The van der Waals surface area contributed by atoms with Gasteiger partial charge in [0.15, 0.2) is 0 Å². The van der Waals surface area contributed by atoms with Crippen LogP contribution in [0.3, 0.4) is 0 Å². The van der Waals surface area contributed by atoms with E-state index in [0.29, 0.717) is 17.7 Å². The first-order valence-corrected chi connectivity index (χ1v) is 7.94. The Hall–Kier alpha value is -2.60. The maximum Gasteiger partial charge on any atom is 0.419 e. The molecule has 1 aliphatic heterocycles. The number of amides is 3. The second-order valence-electron chi connectivity index (χ2n) is 6.37. The van der Waals surface area contributed by atoms with Crippen molar-refractivity contribution in [1.82, 2.24) is 4.90 Å². The van der Waals surface area contributed by atoms with Crippen LogP contribution in [0.25, 0.3) is 0 Å². The van der Waals surface area contributed by atoms with Gasteiger partial charge in [-0.1, -0.05) is 6.07 Å². The fourth-order valence-corrected chi connectivity index (χ4v) is 2.92. The third-order valence-corrected chi connectivity index (χ3v) is 4.30. The molecule has 1 fully saturated rings. The molecular formula is C17H18F3N3O3. The van der Waals surface area contributed by atoms with Gasteiger partial charge >= 0.3 is 12.2 Å². The zero-order chi connectivity index (χ0) is 19.7. The number of rotatable bonds is 5. The van der Waals surface area contributed by atoms with Crippen molar-refractivity contribution in [2.45, 2.75) is 38.4 Å². The Morgan fingerprint density at radius 2 is 1.88 bits per heavy atom. The fraction of sp³-hybridized carbons (Fsp3) is 0.471. The molecule has 0 unspecified atom stereocenters. The van der Waals surface area contributed by atoms with Gasteiger partial charge < -0.3 is 10.0 Å². The summed E-state index contributed by atoms with van der Waals surface area (Å²) in [5.74, 6) is -0.799. The monoisotopic (exact) mass is 369 g/mol. The van der Waals surface area contributed by atoms with Gasteiger partial charge in [-0.25, -0.2) is 9.69 Å². The van der Waals surface area contributed by atoms with Crippen molar-refractivity contribution in [2.75, 3.05) is 18.1 Å². The minimum absolute atomic E-state index is 0.0947. The highest BCUT2D eigenvalue weighted by molar-refractivity contribution is 6.23. The lowest BCUT2D eigenvalue weighted by atomic mass is 10.0. The molecule has 0 spiro atoms. The van der Waals surface area contributed by atoms with Crippen molar-refractivity contribution in [3.05, 3.63) is 29.3 Å². The molecular weight excluding hydrogens is 351 g/mol. The van der Waals surface area contributed by atoms with Gasteiger partial charge in [0.05, 0.1) is 22.9 Å². The molecule has 140 valence electrons. The maximum absolute atomic E-state index is 13.5. The van der Waals surface area contributed by atoms with E-state index in [1.165, 1.54) is 30.9 Å². The summed E-state index contributed by atoms with van der Waals surface area (Å²) in [7, 11) is 0. The molecule has 0 saturated carbocycles. The average Bonchev–Trinajstić information content (AvgIpc) is 2.73. The Labute approximate surface area is 148 Å². The number of aliphatic hydroxyl groups is 1. The topological polar surface area (TPSA) is 84.6 Å². The number of carbonyl (C=O) groups excluding carboxylic acids is 2. The standard InChI is InChI=1S/C17H18F3N3O3/c1-16(2)14(25)23(15(26)22(16)8-3-4-9-24)12-7-5-6-11(10-21)13(12)17(18,19)20/h5-7,24H,3-4,8-9H2,1-2H3. The van der Waals surface area contributed by atoms with E-state index in [2.05, 4.69) is 0 Å². The summed E-state index contributed by atoms with van der Waals surface area (Å²) in [6.07, 6.45) is -4.11. The van der Waals surface area contributed by atoms with E-state index in [9.17, 15) is 22.8 Å².